The third-order valence-corrected chi connectivity index (χ3v) is 3.80. The van der Waals surface area contributed by atoms with Gasteiger partial charge in [0.25, 0.3) is 0 Å². The lowest BCUT2D eigenvalue weighted by molar-refractivity contribution is -0.117. The summed E-state index contributed by atoms with van der Waals surface area (Å²) in [7, 11) is 0. The van der Waals surface area contributed by atoms with Gasteiger partial charge in [-0.05, 0) is 42.9 Å². The van der Waals surface area contributed by atoms with Crippen LogP contribution in [0.15, 0.2) is 24.3 Å². The molecule has 1 saturated carbocycles. The van der Waals surface area contributed by atoms with E-state index in [1.807, 2.05) is 24.3 Å². The first-order chi connectivity index (χ1) is 12.0. The van der Waals surface area contributed by atoms with Crippen molar-refractivity contribution >= 4 is 17.6 Å². The lowest BCUT2D eigenvalue weighted by Crippen LogP contribution is -2.35. The molecule has 3 amide bonds. The molecule has 1 aliphatic carbocycles. The summed E-state index contributed by atoms with van der Waals surface area (Å²) in [5.74, 6) is 0.792. The van der Waals surface area contributed by atoms with Gasteiger partial charge in [0.05, 0.1) is 0 Å². The number of hydrogen-bond donors (Lipinski definition) is 3. The highest BCUT2D eigenvalue weighted by Gasteiger charge is 2.29. The molecule has 6 nitrogen and oxygen atoms in total. The van der Waals surface area contributed by atoms with Crippen molar-refractivity contribution in [2.45, 2.75) is 39.7 Å². The highest BCUT2D eigenvalue weighted by molar-refractivity contribution is 5.94. The van der Waals surface area contributed by atoms with Gasteiger partial charge in [-0.15, -0.1) is 0 Å². The highest BCUT2D eigenvalue weighted by Crippen LogP contribution is 2.30. The van der Waals surface area contributed by atoms with Crippen molar-refractivity contribution in [3.63, 3.8) is 0 Å². The summed E-state index contributed by atoms with van der Waals surface area (Å²) in [6, 6.07) is 7.36. The minimum atomic E-state index is -0.198. The SMILES string of the molecule is CC(C)COCCCNC(=O)NCc1cccc(NC(=O)C2CC2)c1. The molecule has 1 aromatic rings. The fraction of sp³-hybridized carbons (Fsp3) is 0.579. The molecule has 6 heteroatoms. The average molecular weight is 347 g/mol. The lowest BCUT2D eigenvalue weighted by atomic mass is 10.2. The van der Waals surface area contributed by atoms with Crippen LogP contribution in [-0.2, 0) is 16.1 Å². The standard InChI is InChI=1S/C19H29N3O3/c1-14(2)13-25-10-4-9-20-19(24)21-12-15-5-3-6-17(11-15)22-18(23)16-7-8-16/h3,5-6,11,14,16H,4,7-10,12-13H2,1-2H3,(H,22,23)(H2,20,21,24). The molecule has 0 aliphatic heterocycles. The third kappa shape index (κ3) is 8.03. The minimum Gasteiger partial charge on any atom is -0.381 e. The maximum atomic E-state index is 11.8. The highest BCUT2D eigenvalue weighted by atomic mass is 16.5. The van der Waals surface area contributed by atoms with Crippen LogP contribution in [0.2, 0.25) is 0 Å². The zero-order valence-corrected chi connectivity index (χ0v) is 15.1. The molecule has 138 valence electrons. The molecule has 25 heavy (non-hydrogen) atoms. The first kappa shape index (κ1) is 19.2. The molecule has 1 fully saturated rings. The van der Waals surface area contributed by atoms with Gasteiger partial charge in [0.15, 0.2) is 0 Å². The zero-order chi connectivity index (χ0) is 18.1. The first-order valence-corrected chi connectivity index (χ1v) is 9.04. The van der Waals surface area contributed by atoms with Crippen LogP contribution in [0.5, 0.6) is 0 Å². The van der Waals surface area contributed by atoms with Crippen molar-refractivity contribution in [3.8, 4) is 0 Å². The van der Waals surface area contributed by atoms with Crippen LogP contribution in [0.1, 0.15) is 38.7 Å². The predicted octanol–water partition coefficient (Wildman–Crippen LogP) is 2.90. The molecular weight excluding hydrogens is 318 g/mol. The molecule has 2 rings (SSSR count). The second-order valence-corrected chi connectivity index (χ2v) is 6.90. The summed E-state index contributed by atoms with van der Waals surface area (Å²) in [5.41, 5.74) is 1.72. The molecule has 1 aromatic carbocycles. The van der Waals surface area contributed by atoms with Crippen LogP contribution in [0.3, 0.4) is 0 Å². The minimum absolute atomic E-state index is 0.0857. The van der Waals surface area contributed by atoms with Crippen molar-refractivity contribution in [2.75, 3.05) is 25.1 Å². The lowest BCUT2D eigenvalue weighted by Gasteiger charge is -2.10. The third-order valence-electron chi connectivity index (χ3n) is 3.80. The maximum absolute atomic E-state index is 11.8. The topological polar surface area (TPSA) is 79.5 Å². The number of hydrogen-bond acceptors (Lipinski definition) is 3. The van der Waals surface area contributed by atoms with Gasteiger partial charge >= 0.3 is 6.03 Å². The Morgan fingerprint density at radius 1 is 1.24 bits per heavy atom. The Balaban J connectivity index is 1.61. The Hall–Kier alpha value is -2.08. The van der Waals surface area contributed by atoms with Crippen molar-refractivity contribution < 1.29 is 14.3 Å². The first-order valence-electron chi connectivity index (χ1n) is 9.04. The van der Waals surface area contributed by atoms with E-state index in [-0.39, 0.29) is 17.9 Å². The van der Waals surface area contributed by atoms with Crippen LogP contribution in [0.25, 0.3) is 0 Å². The van der Waals surface area contributed by atoms with E-state index >= 15 is 0 Å². The molecule has 0 unspecified atom stereocenters. The van der Waals surface area contributed by atoms with Gasteiger partial charge in [0, 0.05) is 37.9 Å². The van der Waals surface area contributed by atoms with Crippen molar-refractivity contribution in [2.24, 2.45) is 11.8 Å². The second kappa shape index (κ2) is 10.0. The predicted molar refractivity (Wildman–Crippen MR) is 98.3 cm³/mol. The molecule has 0 bridgehead atoms. The molecule has 0 heterocycles. The van der Waals surface area contributed by atoms with E-state index in [0.29, 0.717) is 25.6 Å². The smallest absolute Gasteiger partial charge is 0.315 e. The van der Waals surface area contributed by atoms with E-state index in [1.54, 1.807) is 0 Å². The number of benzene rings is 1. The fourth-order valence-corrected chi connectivity index (χ4v) is 2.29. The molecule has 0 atom stereocenters. The Bertz CT molecular complexity index is 571. The van der Waals surface area contributed by atoms with Crippen LogP contribution >= 0.6 is 0 Å². The van der Waals surface area contributed by atoms with Crippen LogP contribution < -0.4 is 16.0 Å². The van der Waals surface area contributed by atoms with Crippen LogP contribution in [-0.4, -0.2) is 31.7 Å². The molecule has 0 spiro atoms. The van der Waals surface area contributed by atoms with E-state index < -0.39 is 0 Å². The largest absolute Gasteiger partial charge is 0.381 e. The van der Waals surface area contributed by atoms with E-state index in [9.17, 15) is 9.59 Å². The van der Waals surface area contributed by atoms with Gasteiger partial charge < -0.3 is 20.7 Å². The zero-order valence-electron chi connectivity index (χ0n) is 15.1. The average Bonchev–Trinajstić information content (AvgIpc) is 3.41. The van der Waals surface area contributed by atoms with Crippen molar-refractivity contribution in [1.29, 1.82) is 0 Å². The maximum Gasteiger partial charge on any atom is 0.315 e. The van der Waals surface area contributed by atoms with Gasteiger partial charge in [-0.2, -0.15) is 0 Å². The van der Waals surface area contributed by atoms with Gasteiger partial charge in [-0.1, -0.05) is 26.0 Å². The molecule has 3 N–H and O–H groups in total. The van der Waals surface area contributed by atoms with Crippen molar-refractivity contribution in [3.05, 3.63) is 29.8 Å². The molecule has 0 radical (unpaired) electrons. The molecule has 1 aliphatic rings. The van der Waals surface area contributed by atoms with E-state index in [1.165, 1.54) is 0 Å². The molecule has 0 aromatic heterocycles. The normalized spacial score (nSPS) is 13.6. The van der Waals surface area contributed by atoms with Crippen LogP contribution in [0, 0.1) is 11.8 Å². The number of carbonyl (C=O) groups is 2. The number of urea groups is 1. The van der Waals surface area contributed by atoms with Gasteiger partial charge in [-0.25, -0.2) is 4.79 Å². The van der Waals surface area contributed by atoms with Gasteiger partial charge in [0.2, 0.25) is 5.91 Å². The Morgan fingerprint density at radius 3 is 2.76 bits per heavy atom. The van der Waals surface area contributed by atoms with Crippen molar-refractivity contribution in [1.82, 2.24) is 10.6 Å². The second-order valence-electron chi connectivity index (χ2n) is 6.90. The number of amides is 3. The number of ether oxygens (including phenoxy) is 1. The quantitative estimate of drug-likeness (QED) is 0.569. The Labute approximate surface area is 149 Å². The summed E-state index contributed by atoms with van der Waals surface area (Å²) in [6.45, 7) is 6.63. The summed E-state index contributed by atoms with van der Waals surface area (Å²) >= 11 is 0. The number of rotatable bonds is 10. The van der Waals surface area contributed by atoms with Gasteiger partial charge in [0.1, 0.15) is 0 Å². The van der Waals surface area contributed by atoms with E-state index in [2.05, 4.69) is 29.8 Å². The summed E-state index contributed by atoms with van der Waals surface area (Å²) in [5, 5.41) is 8.54. The number of anilines is 1. The molecular formula is C19H29N3O3. The van der Waals surface area contributed by atoms with Gasteiger partial charge in [-0.3, -0.25) is 4.79 Å². The van der Waals surface area contributed by atoms with E-state index in [0.717, 1.165) is 37.1 Å². The molecule has 0 saturated heterocycles. The number of nitrogens with one attached hydrogen (secondary N) is 3. The number of carbonyl (C=O) groups excluding carboxylic acids is 2. The summed E-state index contributed by atoms with van der Waals surface area (Å²) < 4.78 is 5.47. The Morgan fingerprint density at radius 2 is 2.04 bits per heavy atom. The monoisotopic (exact) mass is 347 g/mol. The summed E-state index contributed by atoms with van der Waals surface area (Å²) in [4.78, 5) is 23.6. The van der Waals surface area contributed by atoms with Crippen LogP contribution in [0.4, 0.5) is 10.5 Å². The fourth-order valence-electron chi connectivity index (χ4n) is 2.29. The van der Waals surface area contributed by atoms with E-state index in [4.69, 9.17) is 4.74 Å². The summed E-state index contributed by atoms with van der Waals surface area (Å²) in [6.07, 6.45) is 2.76. The Kier molecular flexibility index (Phi) is 7.73.